The van der Waals surface area contributed by atoms with Crippen LogP contribution in [0.4, 0.5) is 10.2 Å². The molecule has 7 nitrogen and oxygen atoms in total. The van der Waals surface area contributed by atoms with Crippen molar-refractivity contribution in [3.05, 3.63) is 53.5 Å². The second-order valence-electron chi connectivity index (χ2n) is 7.26. The van der Waals surface area contributed by atoms with Crippen molar-refractivity contribution in [1.82, 2.24) is 15.2 Å². The van der Waals surface area contributed by atoms with Crippen LogP contribution in [0.25, 0.3) is 0 Å². The van der Waals surface area contributed by atoms with Crippen LogP contribution in [0.2, 0.25) is 0 Å². The van der Waals surface area contributed by atoms with Gasteiger partial charge in [0.25, 0.3) is 5.91 Å². The van der Waals surface area contributed by atoms with Crippen molar-refractivity contribution in [3.8, 4) is 5.75 Å². The lowest BCUT2D eigenvalue weighted by atomic mass is 10.1. The highest BCUT2D eigenvalue weighted by Gasteiger charge is 2.29. The van der Waals surface area contributed by atoms with Crippen LogP contribution >= 0.6 is 0 Å². The number of likely N-dealkylation sites (tertiary alicyclic amines) is 1. The van der Waals surface area contributed by atoms with E-state index >= 15 is 0 Å². The SMILES string of the molecule is Cc1ccc(CN2CC[C@H](O)C2=O)cc1F.Oc1ccc(N2CCNCC2)nc1. The second-order valence-corrected chi connectivity index (χ2v) is 7.26. The third-order valence-electron chi connectivity index (χ3n) is 5.05. The summed E-state index contributed by atoms with van der Waals surface area (Å²) in [6, 6.07) is 8.45. The third kappa shape index (κ3) is 5.65. The van der Waals surface area contributed by atoms with Crippen molar-refractivity contribution in [2.45, 2.75) is 26.0 Å². The van der Waals surface area contributed by atoms with Gasteiger partial charge in [-0.15, -0.1) is 0 Å². The minimum atomic E-state index is -0.879. The number of anilines is 1. The first kappa shape index (κ1) is 21.0. The molecule has 8 heteroatoms. The van der Waals surface area contributed by atoms with Crippen LogP contribution in [0, 0.1) is 12.7 Å². The highest BCUT2D eigenvalue weighted by atomic mass is 19.1. The maximum atomic E-state index is 13.3. The molecule has 2 fully saturated rings. The lowest BCUT2D eigenvalue weighted by Crippen LogP contribution is -2.43. The third-order valence-corrected chi connectivity index (χ3v) is 5.05. The Balaban J connectivity index is 0.000000169. The van der Waals surface area contributed by atoms with Gasteiger partial charge in [-0.1, -0.05) is 12.1 Å². The molecule has 0 unspecified atom stereocenters. The van der Waals surface area contributed by atoms with E-state index in [9.17, 15) is 14.3 Å². The molecule has 3 heterocycles. The van der Waals surface area contributed by atoms with Crippen molar-refractivity contribution in [1.29, 1.82) is 0 Å². The molecule has 2 aromatic rings. The van der Waals surface area contributed by atoms with Gasteiger partial charge in [-0.25, -0.2) is 9.37 Å². The van der Waals surface area contributed by atoms with Crippen LogP contribution in [-0.2, 0) is 11.3 Å². The number of rotatable bonds is 3. The van der Waals surface area contributed by atoms with E-state index in [0.29, 0.717) is 25.1 Å². The van der Waals surface area contributed by atoms with Crippen LogP contribution in [-0.4, -0.2) is 64.8 Å². The zero-order chi connectivity index (χ0) is 20.8. The molecular formula is C21H27FN4O3. The van der Waals surface area contributed by atoms with Gasteiger partial charge in [0, 0.05) is 39.3 Å². The zero-order valence-corrected chi connectivity index (χ0v) is 16.5. The minimum Gasteiger partial charge on any atom is -0.506 e. The molecule has 0 spiro atoms. The van der Waals surface area contributed by atoms with Crippen molar-refractivity contribution < 1.29 is 19.4 Å². The summed E-state index contributed by atoms with van der Waals surface area (Å²) in [7, 11) is 0. The number of nitrogens with zero attached hydrogens (tertiary/aromatic N) is 3. The van der Waals surface area contributed by atoms with E-state index in [4.69, 9.17) is 5.11 Å². The van der Waals surface area contributed by atoms with Gasteiger partial charge in [0.05, 0.1) is 6.20 Å². The summed E-state index contributed by atoms with van der Waals surface area (Å²) in [6.45, 7) is 6.58. The zero-order valence-electron chi connectivity index (χ0n) is 16.5. The number of nitrogens with one attached hydrogen (secondary N) is 1. The van der Waals surface area contributed by atoms with Gasteiger partial charge in [0.2, 0.25) is 0 Å². The van der Waals surface area contributed by atoms with Crippen molar-refractivity contribution in [2.75, 3.05) is 37.6 Å². The quantitative estimate of drug-likeness (QED) is 0.720. The molecule has 2 saturated heterocycles. The molecule has 2 aliphatic heterocycles. The number of piperazine rings is 1. The number of aliphatic hydroxyl groups excluding tert-OH is 1. The molecule has 1 aromatic carbocycles. The van der Waals surface area contributed by atoms with Crippen molar-refractivity contribution >= 4 is 11.7 Å². The van der Waals surface area contributed by atoms with Gasteiger partial charge >= 0.3 is 0 Å². The Morgan fingerprint density at radius 1 is 1.21 bits per heavy atom. The molecule has 1 aromatic heterocycles. The Labute approximate surface area is 169 Å². The summed E-state index contributed by atoms with van der Waals surface area (Å²) in [6.07, 6.45) is 1.07. The number of hydrogen-bond acceptors (Lipinski definition) is 6. The number of aromatic hydroxyl groups is 1. The summed E-state index contributed by atoms with van der Waals surface area (Å²) < 4.78 is 13.3. The first-order chi connectivity index (χ1) is 13.9. The number of aromatic nitrogens is 1. The lowest BCUT2D eigenvalue weighted by Gasteiger charge is -2.28. The number of halogens is 1. The minimum absolute atomic E-state index is 0.221. The predicted molar refractivity (Wildman–Crippen MR) is 108 cm³/mol. The topological polar surface area (TPSA) is 88.9 Å². The fourth-order valence-corrected chi connectivity index (χ4v) is 3.29. The fraction of sp³-hybridized carbons (Fsp3) is 0.429. The number of carbonyl (C=O) groups is 1. The number of benzene rings is 1. The van der Waals surface area contributed by atoms with Gasteiger partial charge < -0.3 is 25.3 Å². The number of aryl methyl sites for hydroxylation is 1. The molecule has 0 saturated carbocycles. The first-order valence-corrected chi connectivity index (χ1v) is 9.76. The summed E-state index contributed by atoms with van der Waals surface area (Å²) >= 11 is 0. The highest BCUT2D eigenvalue weighted by molar-refractivity contribution is 5.82. The average molecular weight is 402 g/mol. The molecule has 2 aliphatic rings. The maximum Gasteiger partial charge on any atom is 0.251 e. The normalized spacial score (nSPS) is 19.1. The molecule has 156 valence electrons. The molecule has 0 bridgehead atoms. The van der Waals surface area contributed by atoms with Crippen LogP contribution < -0.4 is 10.2 Å². The van der Waals surface area contributed by atoms with Crippen LogP contribution in [0.5, 0.6) is 5.75 Å². The summed E-state index contributed by atoms with van der Waals surface area (Å²) in [4.78, 5) is 19.3. The molecule has 1 amide bonds. The molecule has 29 heavy (non-hydrogen) atoms. The summed E-state index contributed by atoms with van der Waals surface area (Å²) in [5.74, 6) is 0.642. The molecule has 4 rings (SSSR count). The van der Waals surface area contributed by atoms with Gasteiger partial charge in [-0.2, -0.15) is 0 Å². The smallest absolute Gasteiger partial charge is 0.251 e. The van der Waals surface area contributed by atoms with E-state index in [1.54, 1.807) is 30.0 Å². The van der Waals surface area contributed by atoms with E-state index < -0.39 is 6.10 Å². The van der Waals surface area contributed by atoms with E-state index in [1.807, 2.05) is 6.07 Å². The first-order valence-electron chi connectivity index (χ1n) is 9.76. The van der Waals surface area contributed by atoms with Gasteiger partial charge in [-0.3, -0.25) is 4.79 Å². The number of aliphatic hydroxyl groups is 1. The fourth-order valence-electron chi connectivity index (χ4n) is 3.29. The van der Waals surface area contributed by atoms with Gasteiger partial charge in [0.15, 0.2) is 0 Å². The summed E-state index contributed by atoms with van der Waals surface area (Å²) in [5.41, 5.74) is 1.35. The Morgan fingerprint density at radius 3 is 2.55 bits per heavy atom. The Kier molecular flexibility index (Phi) is 7.00. The Bertz CT molecular complexity index is 825. The van der Waals surface area contributed by atoms with Crippen LogP contribution in [0.1, 0.15) is 17.5 Å². The van der Waals surface area contributed by atoms with Crippen molar-refractivity contribution in [3.63, 3.8) is 0 Å². The van der Waals surface area contributed by atoms with Crippen LogP contribution in [0.15, 0.2) is 36.5 Å². The van der Waals surface area contributed by atoms with Gasteiger partial charge in [-0.05, 0) is 42.7 Å². The molecular weight excluding hydrogens is 375 g/mol. The Hall–Kier alpha value is -2.71. The van der Waals surface area contributed by atoms with E-state index in [1.165, 1.54) is 12.3 Å². The second kappa shape index (κ2) is 9.67. The summed E-state index contributed by atoms with van der Waals surface area (Å²) in [5, 5.41) is 21.6. The maximum absolute atomic E-state index is 13.3. The Morgan fingerprint density at radius 2 is 1.97 bits per heavy atom. The molecule has 0 aliphatic carbocycles. The number of amides is 1. The molecule has 3 N–H and O–H groups in total. The average Bonchev–Trinajstić information content (AvgIpc) is 3.04. The predicted octanol–water partition coefficient (Wildman–Crippen LogP) is 1.42. The van der Waals surface area contributed by atoms with Crippen LogP contribution in [0.3, 0.4) is 0 Å². The number of hydrogen-bond donors (Lipinski definition) is 3. The number of pyridine rings is 1. The van der Waals surface area contributed by atoms with Gasteiger partial charge in [0.1, 0.15) is 23.5 Å². The van der Waals surface area contributed by atoms with E-state index in [0.717, 1.165) is 37.6 Å². The van der Waals surface area contributed by atoms with E-state index in [-0.39, 0.29) is 17.5 Å². The van der Waals surface area contributed by atoms with E-state index in [2.05, 4.69) is 15.2 Å². The molecule has 1 atom stereocenters. The van der Waals surface area contributed by atoms with Crippen molar-refractivity contribution in [2.24, 2.45) is 0 Å². The number of carbonyl (C=O) groups excluding carboxylic acids is 1. The largest absolute Gasteiger partial charge is 0.506 e. The standard InChI is InChI=1S/C12H14FNO2.C9H13N3O/c1-8-2-3-9(6-10(8)13)7-14-5-4-11(15)12(14)16;13-8-1-2-9(11-7-8)12-5-3-10-4-6-12/h2-3,6,11,15H,4-5,7H2,1H3;1-2,7,10,13H,3-6H2/t11-;/m0./s1. The highest BCUT2D eigenvalue weighted by Crippen LogP contribution is 2.17. The monoisotopic (exact) mass is 402 g/mol. The lowest BCUT2D eigenvalue weighted by molar-refractivity contribution is -0.134. The molecule has 0 radical (unpaired) electrons.